The summed E-state index contributed by atoms with van der Waals surface area (Å²) in [5.74, 6) is 1.53. The Kier molecular flexibility index (Phi) is 3.58. The fourth-order valence-electron chi connectivity index (χ4n) is 3.03. The molecule has 3 aliphatic heterocycles. The van der Waals surface area contributed by atoms with Crippen LogP contribution in [0.15, 0.2) is 10.2 Å². The summed E-state index contributed by atoms with van der Waals surface area (Å²) in [5.41, 5.74) is 1.63. The minimum atomic E-state index is 0.471. The summed E-state index contributed by atoms with van der Waals surface area (Å²) < 4.78 is 5.26. The van der Waals surface area contributed by atoms with Gasteiger partial charge < -0.3 is 9.64 Å². The van der Waals surface area contributed by atoms with Crippen LogP contribution in [0.5, 0.6) is 0 Å². The maximum Gasteiger partial charge on any atom is 0.124 e. The number of nitrogens with zero attached hydrogens (tertiary/aromatic N) is 4. The monoisotopic (exact) mass is 278 g/mol. The zero-order valence-electron chi connectivity index (χ0n) is 13.1. The predicted molar refractivity (Wildman–Crippen MR) is 81.2 cm³/mol. The molecule has 0 aromatic carbocycles. The highest BCUT2D eigenvalue weighted by Gasteiger charge is 2.54. The van der Waals surface area contributed by atoms with E-state index in [4.69, 9.17) is 4.74 Å². The Bertz CT molecular complexity index is 425. The van der Waals surface area contributed by atoms with Gasteiger partial charge in [0.1, 0.15) is 5.84 Å². The zero-order valence-corrected chi connectivity index (χ0v) is 13.1. The number of hydrogen-bond acceptors (Lipinski definition) is 4. The molecule has 3 fully saturated rings. The number of rotatable bonds is 3. The summed E-state index contributed by atoms with van der Waals surface area (Å²) in [4.78, 5) is 4.92. The van der Waals surface area contributed by atoms with Crippen LogP contribution in [0.4, 0.5) is 0 Å². The van der Waals surface area contributed by atoms with E-state index < -0.39 is 0 Å². The van der Waals surface area contributed by atoms with E-state index in [1.165, 1.54) is 13.1 Å². The first-order valence-electron chi connectivity index (χ1n) is 7.65. The van der Waals surface area contributed by atoms with Crippen molar-refractivity contribution in [2.75, 3.05) is 39.4 Å². The van der Waals surface area contributed by atoms with Gasteiger partial charge in [0.25, 0.3) is 0 Å². The molecule has 20 heavy (non-hydrogen) atoms. The summed E-state index contributed by atoms with van der Waals surface area (Å²) in [5, 5.41) is 8.69. The van der Waals surface area contributed by atoms with Gasteiger partial charge in [0.15, 0.2) is 0 Å². The number of amidine groups is 1. The molecule has 0 unspecified atom stereocenters. The first-order chi connectivity index (χ1) is 9.49. The molecular formula is C15H26N4O. The maximum atomic E-state index is 5.26. The second kappa shape index (κ2) is 5.11. The average Bonchev–Trinajstić information content (AvgIpc) is 2.23. The Morgan fingerprint density at radius 1 is 1.10 bits per heavy atom. The second-order valence-electron chi connectivity index (χ2n) is 7.00. The van der Waals surface area contributed by atoms with E-state index in [9.17, 15) is 0 Å². The molecule has 0 saturated carbocycles. The molecule has 0 radical (unpaired) electrons. The van der Waals surface area contributed by atoms with Gasteiger partial charge in [-0.05, 0) is 19.8 Å². The fourth-order valence-corrected chi connectivity index (χ4v) is 3.03. The van der Waals surface area contributed by atoms with Crippen LogP contribution in [-0.4, -0.2) is 66.8 Å². The van der Waals surface area contributed by atoms with E-state index in [2.05, 4.69) is 40.8 Å². The SMILES string of the molecule is C/C(=N\N=C(/C)N1CC2(C1)CN(C1COC1)C2)C(C)C. The lowest BCUT2D eigenvalue weighted by atomic mass is 9.72. The lowest BCUT2D eigenvalue weighted by molar-refractivity contribution is -0.162. The largest absolute Gasteiger partial charge is 0.378 e. The zero-order chi connectivity index (χ0) is 14.3. The van der Waals surface area contributed by atoms with E-state index in [0.717, 1.165) is 37.9 Å². The second-order valence-corrected chi connectivity index (χ2v) is 7.00. The highest BCUT2D eigenvalue weighted by atomic mass is 16.5. The van der Waals surface area contributed by atoms with Gasteiger partial charge in [-0.2, -0.15) is 5.10 Å². The molecular weight excluding hydrogens is 252 g/mol. The molecule has 3 heterocycles. The van der Waals surface area contributed by atoms with Crippen LogP contribution in [-0.2, 0) is 4.74 Å². The van der Waals surface area contributed by atoms with Crippen LogP contribution < -0.4 is 0 Å². The summed E-state index contributed by atoms with van der Waals surface area (Å²) in [6.45, 7) is 15.0. The normalized spacial score (nSPS) is 27.6. The molecule has 3 aliphatic rings. The van der Waals surface area contributed by atoms with Crippen molar-refractivity contribution in [3.63, 3.8) is 0 Å². The molecule has 3 rings (SSSR count). The van der Waals surface area contributed by atoms with Gasteiger partial charge in [0, 0.05) is 37.3 Å². The number of ether oxygens (including phenoxy) is 1. The van der Waals surface area contributed by atoms with E-state index >= 15 is 0 Å². The van der Waals surface area contributed by atoms with E-state index in [1.54, 1.807) is 0 Å². The third kappa shape index (κ3) is 2.49. The van der Waals surface area contributed by atoms with Gasteiger partial charge in [0.05, 0.1) is 19.3 Å². The first-order valence-corrected chi connectivity index (χ1v) is 7.65. The lowest BCUT2D eigenvalue weighted by Crippen LogP contribution is -2.75. The van der Waals surface area contributed by atoms with Gasteiger partial charge >= 0.3 is 0 Å². The highest BCUT2D eigenvalue weighted by molar-refractivity contribution is 5.86. The van der Waals surface area contributed by atoms with Gasteiger partial charge in [0.2, 0.25) is 0 Å². The smallest absolute Gasteiger partial charge is 0.124 e. The minimum absolute atomic E-state index is 0.471. The summed E-state index contributed by atoms with van der Waals surface area (Å²) in [6.07, 6.45) is 0. The van der Waals surface area contributed by atoms with E-state index in [1.807, 2.05) is 6.92 Å². The van der Waals surface area contributed by atoms with Gasteiger partial charge in [-0.1, -0.05) is 13.8 Å². The standard InChI is InChI=1S/C15H26N4O/c1-11(2)12(3)16-17-13(4)18-7-15(8-18)9-19(10-15)14-5-20-6-14/h11,14H,5-10H2,1-4H3/b16-12+,17-13+. The quantitative estimate of drug-likeness (QED) is 0.446. The maximum absolute atomic E-state index is 5.26. The predicted octanol–water partition coefficient (Wildman–Crippen LogP) is 1.45. The minimum Gasteiger partial charge on any atom is -0.378 e. The lowest BCUT2D eigenvalue weighted by Gasteiger charge is -2.63. The topological polar surface area (TPSA) is 40.4 Å². The molecule has 0 bridgehead atoms. The van der Waals surface area contributed by atoms with Crippen molar-refractivity contribution >= 4 is 11.5 Å². The van der Waals surface area contributed by atoms with Crippen LogP contribution in [0.25, 0.3) is 0 Å². The molecule has 1 spiro atoms. The Labute approximate surface area is 121 Å². The van der Waals surface area contributed by atoms with Crippen molar-refractivity contribution in [1.29, 1.82) is 0 Å². The Morgan fingerprint density at radius 2 is 1.75 bits per heavy atom. The van der Waals surface area contributed by atoms with Gasteiger partial charge in [-0.3, -0.25) is 4.90 Å². The van der Waals surface area contributed by atoms with E-state index in [-0.39, 0.29) is 0 Å². The molecule has 5 heteroatoms. The van der Waals surface area contributed by atoms with Crippen LogP contribution >= 0.6 is 0 Å². The molecule has 0 aromatic heterocycles. The van der Waals surface area contributed by atoms with Crippen molar-refractivity contribution in [2.24, 2.45) is 21.5 Å². The molecule has 112 valence electrons. The van der Waals surface area contributed by atoms with Crippen molar-refractivity contribution in [2.45, 2.75) is 33.7 Å². The van der Waals surface area contributed by atoms with Crippen molar-refractivity contribution in [3.05, 3.63) is 0 Å². The third-order valence-corrected chi connectivity index (χ3v) is 4.91. The van der Waals surface area contributed by atoms with Crippen molar-refractivity contribution < 1.29 is 4.74 Å². The van der Waals surface area contributed by atoms with Crippen LogP contribution in [0, 0.1) is 11.3 Å². The number of likely N-dealkylation sites (tertiary alicyclic amines) is 2. The van der Waals surface area contributed by atoms with Gasteiger partial charge in [-0.15, -0.1) is 5.10 Å². The molecule has 0 aromatic rings. The van der Waals surface area contributed by atoms with Crippen LogP contribution in [0.2, 0.25) is 0 Å². The third-order valence-electron chi connectivity index (χ3n) is 4.91. The van der Waals surface area contributed by atoms with Crippen LogP contribution in [0.1, 0.15) is 27.7 Å². The Balaban J connectivity index is 1.46. The first kappa shape index (κ1) is 14.0. The van der Waals surface area contributed by atoms with Crippen LogP contribution in [0.3, 0.4) is 0 Å². The van der Waals surface area contributed by atoms with Crippen molar-refractivity contribution in [1.82, 2.24) is 9.80 Å². The molecule has 0 aliphatic carbocycles. The average molecular weight is 278 g/mol. The summed E-state index contributed by atoms with van der Waals surface area (Å²) >= 11 is 0. The van der Waals surface area contributed by atoms with Crippen molar-refractivity contribution in [3.8, 4) is 0 Å². The molecule has 0 N–H and O–H groups in total. The number of hydrogen-bond donors (Lipinski definition) is 0. The fraction of sp³-hybridized carbons (Fsp3) is 0.867. The summed E-state index contributed by atoms with van der Waals surface area (Å²) in [6, 6.07) is 0.697. The molecule has 5 nitrogen and oxygen atoms in total. The highest BCUT2D eigenvalue weighted by Crippen LogP contribution is 2.41. The molecule has 0 atom stereocenters. The summed E-state index contributed by atoms with van der Waals surface area (Å²) in [7, 11) is 0. The molecule has 3 saturated heterocycles. The van der Waals surface area contributed by atoms with Gasteiger partial charge in [-0.25, -0.2) is 0 Å². The van der Waals surface area contributed by atoms with E-state index in [0.29, 0.717) is 17.4 Å². The Morgan fingerprint density at radius 3 is 2.25 bits per heavy atom. The molecule has 0 amide bonds. The Hall–Kier alpha value is -0.940.